The van der Waals surface area contributed by atoms with Crippen LogP contribution in [0.2, 0.25) is 0 Å². The van der Waals surface area contributed by atoms with E-state index in [4.69, 9.17) is 5.73 Å². The molecule has 0 aliphatic heterocycles. The van der Waals surface area contributed by atoms with Crippen molar-refractivity contribution in [3.05, 3.63) is 28.3 Å². The smallest absolute Gasteiger partial charge is 0.268 e. The van der Waals surface area contributed by atoms with Gasteiger partial charge in [-0.2, -0.15) is 0 Å². The van der Waals surface area contributed by atoms with Gasteiger partial charge in [-0.15, -0.1) is 36.2 Å². The maximum absolute atomic E-state index is 12.4. The van der Waals surface area contributed by atoms with Crippen LogP contribution in [0.5, 0.6) is 0 Å². The molecule has 2 aromatic rings. The summed E-state index contributed by atoms with van der Waals surface area (Å²) in [5, 5.41) is 6.09. The van der Waals surface area contributed by atoms with Gasteiger partial charge >= 0.3 is 0 Å². The number of carbonyl (C=O) groups excluding carboxylic acids is 1. The summed E-state index contributed by atoms with van der Waals surface area (Å²) in [5.41, 5.74) is 7.92. The maximum Gasteiger partial charge on any atom is 0.268 e. The lowest BCUT2D eigenvalue weighted by Crippen LogP contribution is -2.53. The molecule has 0 saturated heterocycles. The first-order valence-corrected chi connectivity index (χ1v) is 8.03. The molecular weight excluding hydrogens is 355 g/mol. The van der Waals surface area contributed by atoms with E-state index in [0.717, 1.165) is 29.1 Å². The lowest BCUT2D eigenvalue weighted by Gasteiger charge is -2.29. The fourth-order valence-corrected chi connectivity index (χ4v) is 3.16. The Morgan fingerprint density at radius 2 is 2.22 bits per heavy atom. The third kappa shape index (κ3) is 4.26. The molecule has 0 bridgehead atoms. The maximum atomic E-state index is 12.4. The molecule has 8 heteroatoms. The van der Waals surface area contributed by atoms with Crippen LogP contribution in [0.25, 0.3) is 11.3 Å². The second-order valence-corrected chi connectivity index (χ2v) is 6.97. The Hall–Kier alpha value is -1.08. The van der Waals surface area contributed by atoms with Gasteiger partial charge in [0.25, 0.3) is 5.91 Å². The fraction of sp³-hybridized carbons (Fsp3) is 0.467. The Morgan fingerprint density at radius 1 is 1.52 bits per heavy atom. The summed E-state index contributed by atoms with van der Waals surface area (Å²) in [6.07, 6.45) is 4.10. The van der Waals surface area contributed by atoms with Crippen molar-refractivity contribution < 1.29 is 4.79 Å². The molecule has 0 spiro atoms. The summed E-state index contributed by atoms with van der Waals surface area (Å²) < 4.78 is 0. The van der Waals surface area contributed by atoms with Crippen LogP contribution in [0, 0.1) is 12.8 Å². The van der Waals surface area contributed by atoms with Crippen LogP contribution in [0.3, 0.4) is 0 Å². The average Bonchev–Trinajstić information content (AvgIpc) is 3.05. The molecule has 2 heterocycles. The highest BCUT2D eigenvalue weighted by Gasteiger charge is 2.41. The highest BCUT2D eigenvalue weighted by Crippen LogP contribution is 2.39. The number of hydrogen-bond donors (Lipinski definition) is 3. The zero-order chi connectivity index (χ0) is 15.0. The van der Waals surface area contributed by atoms with E-state index in [1.807, 2.05) is 31.5 Å². The molecule has 4 N–H and O–H groups in total. The molecule has 1 fully saturated rings. The van der Waals surface area contributed by atoms with E-state index < -0.39 is 0 Å². The molecule has 1 unspecified atom stereocenters. The molecular formula is C15H22Cl2N4OS. The number of nitrogens with two attached hydrogens (primary N) is 1. The summed E-state index contributed by atoms with van der Waals surface area (Å²) in [5.74, 6) is 0.398. The fourth-order valence-electron chi connectivity index (χ4n) is 2.54. The number of carbonyl (C=O) groups is 1. The second kappa shape index (κ2) is 7.66. The number of halogens is 2. The van der Waals surface area contributed by atoms with Crippen molar-refractivity contribution in [2.24, 2.45) is 11.7 Å². The average molecular weight is 377 g/mol. The molecule has 2 aromatic heterocycles. The molecule has 5 nitrogen and oxygen atoms in total. The number of hydrogen-bond acceptors (Lipinski definition) is 4. The van der Waals surface area contributed by atoms with Crippen LogP contribution in [0.4, 0.5) is 0 Å². The van der Waals surface area contributed by atoms with Crippen molar-refractivity contribution in [2.75, 3.05) is 6.54 Å². The van der Waals surface area contributed by atoms with Gasteiger partial charge in [0.15, 0.2) is 0 Å². The Bertz CT molecular complexity index is 668. The first-order chi connectivity index (χ1) is 10.0. The summed E-state index contributed by atoms with van der Waals surface area (Å²) in [6, 6.07) is 1.84. The third-order valence-corrected chi connectivity index (χ3v) is 4.92. The normalized spacial score (nSPS) is 16.0. The van der Waals surface area contributed by atoms with Crippen molar-refractivity contribution in [2.45, 2.75) is 32.2 Å². The second-order valence-electron chi connectivity index (χ2n) is 5.90. The zero-order valence-corrected chi connectivity index (χ0v) is 15.5. The van der Waals surface area contributed by atoms with Crippen molar-refractivity contribution in [1.82, 2.24) is 15.3 Å². The number of nitrogens with one attached hydrogen (secondary N) is 2. The van der Waals surface area contributed by atoms with E-state index in [9.17, 15) is 4.79 Å². The standard InChI is InChI=1S/C15H20N4OS.2ClH/c1-9-18-13(7-21-9)10-5-12(17-6-10)14(20)19-15(2,8-16)11-3-4-11;;/h5-7,11,17H,3-4,8,16H2,1-2H3,(H,19,20);2*1H. The summed E-state index contributed by atoms with van der Waals surface area (Å²) in [4.78, 5) is 19.8. The highest BCUT2D eigenvalue weighted by atomic mass is 35.5. The molecule has 1 amide bonds. The zero-order valence-electron chi connectivity index (χ0n) is 13.1. The van der Waals surface area contributed by atoms with Gasteiger partial charge in [-0.3, -0.25) is 4.79 Å². The van der Waals surface area contributed by atoms with Gasteiger partial charge in [-0.25, -0.2) is 4.98 Å². The van der Waals surface area contributed by atoms with E-state index in [0.29, 0.717) is 18.2 Å². The quantitative estimate of drug-likeness (QED) is 0.749. The lowest BCUT2D eigenvalue weighted by atomic mass is 9.96. The van der Waals surface area contributed by atoms with Gasteiger partial charge in [0.05, 0.1) is 16.2 Å². The molecule has 1 atom stereocenters. The Kier molecular flexibility index (Phi) is 6.65. The van der Waals surface area contributed by atoms with Crippen LogP contribution in [0.15, 0.2) is 17.6 Å². The number of H-pyrrole nitrogens is 1. The monoisotopic (exact) mass is 376 g/mol. The van der Waals surface area contributed by atoms with Gasteiger partial charge in [-0.1, -0.05) is 0 Å². The van der Waals surface area contributed by atoms with Crippen molar-refractivity contribution in [3.8, 4) is 11.3 Å². The summed E-state index contributed by atoms with van der Waals surface area (Å²) in [7, 11) is 0. The number of aromatic amines is 1. The van der Waals surface area contributed by atoms with Crippen LogP contribution in [-0.2, 0) is 0 Å². The predicted octanol–water partition coefficient (Wildman–Crippen LogP) is 3.15. The minimum atomic E-state index is -0.306. The van der Waals surface area contributed by atoms with Crippen LogP contribution < -0.4 is 11.1 Å². The number of rotatable bonds is 5. The molecule has 0 aromatic carbocycles. The van der Waals surface area contributed by atoms with Gasteiger partial charge < -0.3 is 16.0 Å². The third-order valence-electron chi connectivity index (χ3n) is 4.14. The molecule has 1 aliphatic carbocycles. The van der Waals surface area contributed by atoms with E-state index in [2.05, 4.69) is 15.3 Å². The van der Waals surface area contributed by atoms with E-state index in [1.165, 1.54) is 0 Å². The molecule has 1 aliphatic rings. The molecule has 128 valence electrons. The van der Waals surface area contributed by atoms with Crippen LogP contribution >= 0.6 is 36.2 Å². The molecule has 1 saturated carbocycles. The van der Waals surface area contributed by atoms with Crippen LogP contribution in [0.1, 0.15) is 35.3 Å². The topological polar surface area (TPSA) is 83.8 Å². The van der Waals surface area contributed by atoms with Crippen LogP contribution in [-0.4, -0.2) is 28.0 Å². The van der Waals surface area contributed by atoms with Crippen molar-refractivity contribution >= 4 is 42.1 Å². The molecule has 23 heavy (non-hydrogen) atoms. The summed E-state index contributed by atoms with van der Waals surface area (Å²) >= 11 is 1.60. The van der Waals surface area contributed by atoms with Gasteiger partial charge in [0, 0.05) is 23.7 Å². The number of aromatic nitrogens is 2. The Labute approximate surface area is 152 Å². The minimum Gasteiger partial charge on any atom is -0.357 e. The van der Waals surface area contributed by atoms with E-state index in [-0.39, 0.29) is 36.3 Å². The van der Waals surface area contributed by atoms with E-state index in [1.54, 1.807) is 11.3 Å². The number of amides is 1. The number of nitrogens with zero attached hydrogens (tertiary/aromatic N) is 1. The summed E-state index contributed by atoms with van der Waals surface area (Å²) in [6.45, 7) is 4.45. The number of aryl methyl sites for hydroxylation is 1. The van der Waals surface area contributed by atoms with E-state index >= 15 is 0 Å². The lowest BCUT2D eigenvalue weighted by molar-refractivity contribution is 0.0893. The first kappa shape index (κ1) is 20.0. The highest BCUT2D eigenvalue weighted by molar-refractivity contribution is 7.09. The largest absolute Gasteiger partial charge is 0.357 e. The van der Waals surface area contributed by atoms with Gasteiger partial charge in [0.1, 0.15) is 5.69 Å². The number of thiazole rings is 1. The predicted molar refractivity (Wildman–Crippen MR) is 98.8 cm³/mol. The first-order valence-electron chi connectivity index (χ1n) is 7.15. The molecule has 3 rings (SSSR count). The van der Waals surface area contributed by atoms with Gasteiger partial charge in [-0.05, 0) is 38.7 Å². The van der Waals surface area contributed by atoms with Crippen molar-refractivity contribution in [3.63, 3.8) is 0 Å². The van der Waals surface area contributed by atoms with Gasteiger partial charge in [0.2, 0.25) is 0 Å². The Morgan fingerprint density at radius 3 is 2.74 bits per heavy atom. The molecule has 0 radical (unpaired) electrons. The van der Waals surface area contributed by atoms with Crippen molar-refractivity contribution in [1.29, 1.82) is 0 Å². The SMILES string of the molecule is Cc1nc(-c2c[nH]c(C(=O)NC(C)(CN)C3CC3)c2)cs1.Cl.Cl. The Balaban J connectivity index is 0.00000132. The minimum absolute atomic E-state index is 0.